The molecule has 1 saturated heterocycles. The SMILES string of the molecule is NCCC1CCN(CCCCCO)C1. The number of unbranched alkanes of at least 4 members (excludes halogenated alkanes) is 2. The molecule has 0 saturated carbocycles. The normalized spacial score (nSPS) is 23.1. The summed E-state index contributed by atoms with van der Waals surface area (Å²) >= 11 is 0. The minimum absolute atomic E-state index is 0.343. The maximum Gasteiger partial charge on any atom is 0.0431 e. The largest absolute Gasteiger partial charge is 0.396 e. The lowest BCUT2D eigenvalue weighted by atomic mass is 10.1. The molecule has 3 heteroatoms. The van der Waals surface area contributed by atoms with Crippen LogP contribution in [0, 0.1) is 5.92 Å². The first-order valence-electron chi connectivity index (χ1n) is 5.90. The highest BCUT2D eigenvalue weighted by Gasteiger charge is 2.20. The van der Waals surface area contributed by atoms with Crippen molar-refractivity contribution in [1.82, 2.24) is 4.90 Å². The molecule has 1 unspecified atom stereocenters. The van der Waals surface area contributed by atoms with E-state index in [0.717, 1.165) is 25.3 Å². The molecule has 3 nitrogen and oxygen atoms in total. The fraction of sp³-hybridized carbons (Fsp3) is 1.00. The molecule has 0 amide bonds. The van der Waals surface area contributed by atoms with Gasteiger partial charge >= 0.3 is 0 Å². The predicted octanol–water partition coefficient (Wildman–Crippen LogP) is 0.820. The van der Waals surface area contributed by atoms with Gasteiger partial charge in [0.1, 0.15) is 0 Å². The summed E-state index contributed by atoms with van der Waals surface area (Å²) in [5.74, 6) is 0.845. The predicted molar refractivity (Wildman–Crippen MR) is 59.2 cm³/mol. The molecule has 0 aromatic rings. The lowest BCUT2D eigenvalue weighted by Crippen LogP contribution is -2.22. The van der Waals surface area contributed by atoms with Crippen molar-refractivity contribution in [3.63, 3.8) is 0 Å². The summed E-state index contributed by atoms with van der Waals surface area (Å²) in [5.41, 5.74) is 5.55. The van der Waals surface area contributed by atoms with Crippen LogP contribution in [0.5, 0.6) is 0 Å². The van der Waals surface area contributed by atoms with Crippen LogP contribution < -0.4 is 5.73 Å². The zero-order valence-corrected chi connectivity index (χ0v) is 9.12. The minimum Gasteiger partial charge on any atom is -0.396 e. The van der Waals surface area contributed by atoms with Gasteiger partial charge in [0.15, 0.2) is 0 Å². The zero-order valence-electron chi connectivity index (χ0n) is 9.12. The summed E-state index contributed by atoms with van der Waals surface area (Å²) in [7, 11) is 0. The van der Waals surface area contributed by atoms with Crippen LogP contribution in [0.25, 0.3) is 0 Å². The molecule has 1 fully saturated rings. The molecule has 0 spiro atoms. The van der Waals surface area contributed by atoms with Gasteiger partial charge in [-0.2, -0.15) is 0 Å². The van der Waals surface area contributed by atoms with Crippen molar-refractivity contribution in [2.75, 3.05) is 32.8 Å². The standard InChI is InChI=1S/C11H24N2O/c12-6-4-11-5-8-13(10-11)7-2-1-3-9-14/h11,14H,1-10,12H2. The summed E-state index contributed by atoms with van der Waals surface area (Å²) in [6, 6.07) is 0. The van der Waals surface area contributed by atoms with Crippen molar-refractivity contribution < 1.29 is 5.11 Å². The number of nitrogens with zero attached hydrogens (tertiary/aromatic N) is 1. The second kappa shape index (κ2) is 7.21. The van der Waals surface area contributed by atoms with E-state index in [1.165, 1.54) is 38.9 Å². The topological polar surface area (TPSA) is 49.5 Å². The summed E-state index contributed by atoms with van der Waals surface area (Å²) in [6.45, 7) is 4.89. The third-order valence-corrected chi connectivity index (χ3v) is 3.08. The van der Waals surface area contributed by atoms with E-state index < -0.39 is 0 Å². The van der Waals surface area contributed by atoms with Gasteiger partial charge in [0.25, 0.3) is 0 Å². The molecule has 3 N–H and O–H groups in total. The van der Waals surface area contributed by atoms with Gasteiger partial charge in [-0.3, -0.25) is 0 Å². The highest BCUT2D eigenvalue weighted by atomic mass is 16.2. The van der Waals surface area contributed by atoms with Crippen LogP contribution in [-0.4, -0.2) is 42.8 Å². The molecule has 0 bridgehead atoms. The Hall–Kier alpha value is -0.120. The maximum atomic E-state index is 8.64. The van der Waals surface area contributed by atoms with Crippen LogP contribution in [0.2, 0.25) is 0 Å². The number of rotatable bonds is 7. The Morgan fingerprint density at radius 3 is 2.86 bits per heavy atom. The smallest absolute Gasteiger partial charge is 0.0431 e. The monoisotopic (exact) mass is 200 g/mol. The molecule has 0 aromatic carbocycles. The number of aliphatic hydroxyl groups is 1. The fourth-order valence-corrected chi connectivity index (χ4v) is 2.21. The molecule has 14 heavy (non-hydrogen) atoms. The molecule has 84 valence electrons. The highest BCUT2D eigenvalue weighted by Crippen LogP contribution is 2.19. The third kappa shape index (κ3) is 4.40. The molecule has 1 atom stereocenters. The number of hydrogen-bond donors (Lipinski definition) is 2. The second-order valence-corrected chi connectivity index (χ2v) is 4.32. The van der Waals surface area contributed by atoms with Crippen molar-refractivity contribution in [3.05, 3.63) is 0 Å². The lowest BCUT2D eigenvalue weighted by Gasteiger charge is -2.15. The van der Waals surface area contributed by atoms with Crippen LogP contribution >= 0.6 is 0 Å². The van der Waals surface area contributed by atoms with Gasteiger partial charge in [0.2, 0.25) is 0 Å². The van der Waals surface area contributed by atoms with Crippen LogP contribution in [-0.2, 0) is 0 Å². The van der Waals surface area contributed by atoms with Crippen molar-refractivity contribution in [3.8, 4) is 0 Å². The first kappa shape index (κ1) is 12.0. The Labute approximate surface area is 87.3 Å². The number of hydrogen-bond acceptors (Lipinski definition) is 3. The van der Waals surface area contributed by atoms with Gasteiger partial charge in [0, 0.05) is 13.2 Å². The van der Waals surface area contributed by atoms with Gasteiger partial charge in [-0.25, -0.2) is 0 Å². The molecule has 0 aromatic heterocycles. The van der Waals surface area contributed by atoms with E-state index in [9.17, 15) is 0 Å². The number of likely N-dealkylation sites (tertiary alicyclic amines) is 1. The average molecular weight is 200 g/mol. The first-order valence-corrected chi connectivity index (χ1v) is 5.90. The van der Waals surface area contributed by atoms with E-state index in [0.29, 0.717) is 6.61 Å². The Kier molecular flexibility index (Phi) is 6.15. The van der Waals surface area contributed by atoms with Crippen LogP contribution in [0.4, 0.5) is 0 Å². The summed E-state index contributed by atoms with van der Waals surface area (Å²) in [4.78, 5) is 2.54. The third-order valence-electron chi connectivity index (χ3n) is 3.08. The van der Waals surface area contributed by atoms with E-state index in [2.05, 4.69) is 4.90 Å². The number of nitrogens with two attached hydrogens (primary N) is 1. The van der Waals surface area contributed by atoms with Crippen LogP contribution in [0.1, 0.15) is 32.1 Å². The van der Waals surface area contributed by atoms with E-state index in [-0.39, 0.29) is 0 Å². The molecule has 1 aliphatic rings. The Bertz CT molecular complexity index is 141. The van der Waals surface area contributed by atoms with Gasteiger partial charge < -0.3 is 15.7 Å². The molecule has 0 aliphatic carbocycles. The van der Waals surface area contributed by atoms with E-state index in [1.807, 2.05) is 0 Å². The summed E-state index contributed by atoms with van der Waals surface area (Å²) in [6.07, 6.45) is 5.87. The van der Waals surface area contributed by atoms with Gasteiger partial charge in [-0.1, -0.05) is 0 Å². The van der Waals surface area contributed by atoms with E-state index in [4.69, 9.17) is 10.8 Å². The Morgan fingerprint density at radius 2 is 2.14 bits per heavy atom. The van der Waals surface area contributed by atoms with Crippen molar-refractivity contribution in [2.45, 2.75) is 32.1 Å². The minimum atomic E-state index is 0.343. The maximum absolute atomic E-state index is 8.64. The van der Waals surface area contributed by atoms with E-state index in [1.54, 1.807) is 0 Å². The van der Waals surface area contributed by atoms with Gasteiger partial charge in [0.05, 0.1) is 0 Å². The fourth-order valence-electron chi connectivity index (χ4n) is 2.21. The first-order chi connectivity index (χ1) is 6.86. The lowest BCUT2D eigenvalue weighted by molar-refractivity contribution is 0.270. The number of aliphatic hydroxyl groups excluding tert-OH is 1. The summed E-state index contributed by atoms with van der Waals surface area (Å²) < 4.78 is 0. The van der Waals surface area contributed by atoms with Crippen LogP contribution in [0.15, 0.2) is 0 Å². The Morgan fingerprint density at radius 1 is 1.29 bits per heavy atom. The molecular weight excluding hydrogens is 176 g/mol. The van der Waals surface area contributed by atoms with E-state index >= 15 is 0 Å². The second-order valence-electron chi connectivity index (χ2n) is 4.32. The van der Waals surface area contributed by atoms with Gasteiger partial charge in [-0.05, 0) is 57.7 Å². The Balaban J connectivity index is 1.98. The molecule has 1 heterocycles. The van der Waals surface area contributed by atoms with Crippen molar-refractivity contribution in [1.29, 1.82) is 0 Å². The zero-order chi connectivity index (χ0) is 10.2. The van der Waals surface area contributed by atoms with Crippen molar-refractivity contribution in [2.24, 2.45) is 11.7 Å². The average Bonchev–Trinajstić information content (AvgIpc) is 2.61. The highest BCUT2D eigenvalue weighted by molar-refractivity contribution is 4.75. The summed E-state index contributed by atoms with van der Waals surface area (Å²) in [5, 5.41) is 8.64. The van der Waals surface area contributed by atoms with Crippen molar-refractivity contribution >= 4 is 0 Å². The van der Waals surface area contributed by atoms with Crippen LogP contribution in [0.3, 0.4) is 0 Å². The molecular formula is C11H24N2O. The van der Waals surface area contributed by atoms with Gasteiger partial charge in [-0.15, -0.1) is 0 Å². The molecule has 1 aliphatic heterocycles. The molecule has 1 rings (SSSR count). The quantitative estimate of drug-likeness (QED) is 0.598. The molecule has 0 radical (unpaired) electrons.